The zero-order valence-corrected chi connectivity index (χ0v) is 10.6. The first-order valence-corrected chi connectivity index (χ1v) is 6.02. The highest BCUT2D eigenvalue weighted by atomic mass is 15.3. The Labute approximate surface area is 107 Å². The number of rotatable bonds is 3. The minimum absolute atomic E-state index is 0.189. The molecule has 0 radical (unpaired) electrons. The molecule has 1 aromatic heterocycles. The van der Waals surface area contributed by atoms with Crippen LogP contribution in [0.5, 0.6) is 0 Å². The van der Waals surface area contributed by atoms with E-state index in [1.807, 2.05) is 37.3 Å². The number of aromatic nitrogens is 2. The van der Waals surface area contributed by atoms with Crippen molar-refractivity contribution in [2.45, 2.75) is 26.3 Å². The monoisotopic (exact) mass is 240 g/mol. The van der Waals surface area contributed by atoms with Gasteiger partial charge in [0, 0.05) is 5.56 Å². The molecule has 4 heteroatoms. The topological polar surface area (TPSA) is 67.6 Å². The highest BCUT2D eigenvalue weighted by Gasteiger charge is 2.18. The Morgan fingerprint density at radius 2 is 2.06 bits per heavy atom. The fourth-order valence-corrected chi connectivity index (χ4v) is 1.86. The van der Waals surface area contributed by atoms with Gasteiger partial charge in [-0.3, -0.25) is 0 Å². The summed E-state index contributed by atoms with van der Waals surface area (Å²) >= 11 is 0. The maximum absolute atomic E-state index is 9.25. The zero-order valence-electron chi connectivity index (χ0n) is 10.6. The minimum atomic E-state index is 0.189. The van der Waals surface area contributed by atoms with Crippen LogP contribution in [-0.2, 0) is 0 Å². The van der Waals surface area contributed by atoms with Crippen LogP contribution in [-0.4, -0.2) is 9.78 Å². The van der Waals surface area contributed by atoms with E-state index in [9.17, 15) is 5.26 Å². The van der Waals surface area contributed by atoms with Crippen molar-refractivity contribution in [3.8, 4) is 17.3 Å². The van der Waals surface area contributed by atoms with Gasteiger partial charge in [0.2, 0.25) is 0 Å². The van der Waals surface area contributed by atoms with Crippen LogP contribution in [0.4, 0.5) is 5.82 Å². The van der Waals surface area contributed by atoms with Crippen LogP contribution in [0.15, 0.2) is 30.3 Å². The number of nitriles is 1. The van der Waals surface area contributed by atoms with E-state index < -0.39 is 0 Å². The van der Waals surface area contributed by atoms with E-state index in [0.717, 1.165) is 12.0 Å². The summed E-state index contributed by atoms with van der Waals surface area (Å²) in [6.07, 6.45) is 0.922. The third kappa shape index (κ3) is 1.95. The standard InChI is InChI=1S/C14H16N4/c1-3-10(2)18-14(16)12(9-15)13(17-18)11-7-5-4-6-8-11/h4-8,10H,3,16H2,1-2H3. The van der Waals surface area contributed by atoms with E-state index in [1.165, 1.54) is 0 Å². The molecule has 4 nitrogen and oxygen atoms in total. The van der Waals surface area contributed by atoms with E-state index in [2.05, 4.69) is 18.1 Å². The van der Waals surface area contributed by atoms with Crippen molar-refractivity contribution in [3.63, 3.8) is 0 Å². The van der Waals surface area contributed by atoms with Crippen molar-refractivity contribution in [3.05, 3.63) is 35.9 Å². The summed E-state index contributed by atoms with van der Waals surface area (Å²) in [6.45, 7) is 4.11. The Balaban J connectivity index is 2.59. The van der Waals surface area contributed by atoms with Crippen LogP contribution in [0.2, 0.25) is 0 Å². The van der Waals surface area contributed by atoms with Crippen LogP contribution in [0.3, 0.4) is 0 Å². The molecule has 0 amide bonds. The molecule has 2 aromatic rings. The van der Waals surface area contributed by atoms with Crippen LogP contribution in [0, 0.1) is 11.3 Å². The second kappa shape index (κ2) is 4.92. The molecule has 1 aromatic carbocycles. The first kappa shape index (κ1) is 12.2. The van der Waals surface area contributed by atoms with Crippen molar-refractivity contribution in [2.24, 2.45) is 0 Å². The van der Waals surface area contributed by atoms with Gasteiger partial charge >= 0.3 is 0 Å². The second-order valence-electron chi connectivity index (χ2n) is 4.29. The highest BCUT2D eigenvalue weighted by Crippen LogP contribution is 2.28. The van der Waals surface area contributed by atoms with Crippen LogP contribution >= 0.6 is 0 Å². The predicted octanol–water partition coefficient (Wildman–Crippen LogP) is 2.97. The first-order valence-electron chi connectivity index (χ1n) is 6.02. The predicted molar refractivity (Wildman–Crippen MR) is 71.8 cm³/mol. The quantitative estimate of drug-likeness (QED) is 0.896. The van der Waals surface area contributed by atoms with Gasteiger partial charge in [-0.15, -0.1) is 0 Å². The lowest BCUT2D eigenvalue weighted by Crippen LogP contribution is -2.09. The minimum Gasteiger partial charge on any atom is -0.383 e. The number of hydrogen-bond acceptors (Lipinski definition) is 3. The first-order chi connectivity index (χ1) is 8.69. The fourth-order valence-electron chi connectivity index (χ4n) is 1.86. The van der Waals surface area contributed by atoms with Crippen molar-refractivity contribution in [1.82, 2.24) is 9.78 Å². The van der Waals surface area contributed by atoms with Crippen molar-refractivity contribution in [1.29, 1.82) is 5.26 Å². The molecule has 0 aliphatic carbocycles. The van der Waals surface area contributed by atoms with E-state index in [1.54, 1.807) is 4.68 Å². The molecule has 18 heavy (non-hydrogen) atoms. The third-order valence-electron chi connectivity index (χ3n) is 3.11. The van der Waals surface area contributed by atoms with E-state index in [0.29, 0.717) is 17.1 Å². The van der Waals surface area contributed by atoms with Crippen LogP contribution in [0.25, 0.3) is 11.3 Å². The molecule has 0 fully saturated rings. The SMILES string of the molecule is CCC(C)n1nc(-c2ccccc2)c(C#N)c1N. The molecule has 1 unspecified atom stereocenters. The fraction of sp³-hybridized carbons (Fsp3) is 0.286. The summed E-state index contributed by atoms with van der Waals surface area (Å²) in [7, 11) is 0. The summed E-state index contributed by atoms with van der Waals surface area (Å²) in [5.74, 6) is 0.450. The molecule has 1 heterocycles. The summed E-state index contributed by atoms with van der Waals surface area (Å²) in [5.41, 5.74) is 8.05. The van der Waals surface area contributed by atoms with Crippen LogP contribution < -0.4 is 5.73 Å². The normalized spacial score (nSPS) is 12.1. The summed E-state index contributed by atoms with van der Waals surface area (Å²) in [6, 6.07) is 12.0. The second-order valence-corrected chi connectivity index (χ2v) is 4.29. The van der Waals surface area contributed by atoms with Gasteiger partial charge in [0.15, 0.2) is 0 Å². The van der Waals surface area contributed by atoms with Gasteiger partial charge < -0.3 is 5.73 Å². The third-order valence-corrected chi connectivity index (χ3v) is 3.11. The average molecular weight is 240 g/mol. The van der Waals surface area contributed by atoms with Gasteiger partial charge in [0.25, 0.3) is 0 Å². The Bertz CT molecular complexity index is 578. The maximum atomic E-state index is 9.25. The highest BCUT2D eigenvalue weighted by molar-refractivity contribution is 5.72. The largest absolute Gasteiger partial charge is 0.383 e. The molecule has 0 aliphatic rings. The summed E-state index contributed by atoms with van der Waals surface area (Å²) in [5, 5.41) is 13.7. The Morgan fingerprint density at radius 3 is 2.61 bits per heavy atom. The molecule has 0 spiro atoms. The smallest absolute Gasteiger partial charge is 0.140 e. The van der Waals surface area contributed by atoms with Crippen LogP contribution in [0.1, 0.15) is 31.9 Å². The van der Waals surface area contributed by atoms with Crippen molar-refractivity contribution < 1.29 is 0 Å². The maximum Gasteiger partial charge on any atom is 0.140 e. The number of anilines is 1. The number of nitrogens with two attached hydrogens (primary N) is 1. The van der Waals surface area contributed by atoms with Crippen molar-refractivity contribution >= 4 is 5.82 Å². The van der Waals surface area contributed by atoms with Crippen molar-refractivity contribution in [2.75, 3.05) is 5.73 Å². The molecule has 0 aliphatic heterocycles. The van der Waals surface area contributed by atoms with E-state index in [4.69, 9.17) is 5.73 Å². The van der Waals surface area contributed by atoms with Gasteiger partial charge in [-0.25, -0.2) is 4.68 Å². The number of benzene rings is 1. The lowest BCUT2D eigenvalue weighted by atomic mass is 10.1. The lowest BCUT2D eigenvalue weighted by Gasteiger charge is -2.10. The van der Waals surface area contributed by atoms with Gasteiger partial charge in [0.1, 0.15) is 23.1 Å². The number of hydrogen-bond donors (Lipinski definition) is 1. The van der Waals surface area contributed by atoms with E-state index in [-0.39, 0.29) is 6.04 Å². The molecule has 2 N–H and O–H groups in total. The Morgan fingerprint density at radius 1 is 1.39 bits per heavy atom. The molecule has 0 bridgehead atoms. The molecule has 92 valence electrons. The molecular formula is C14H16N4. The van der Waals surface area contributed by atoms with Gasteiger partial charge in [-0.05, 0) is 13.3 Å². The molecule has 2 rings (SSSR count). The Hall–Kier alpha value is -2.28. The Kier molecular flexibility index (Phi) is 3.33. The molecule has 0 saturated heterocycles. The average Bonchev–Trinajstić information content (AvgIpc) is 2.76. The summed E-state index contributed by atoms with van der Waals surface area (Å²) in [4.78, 5) is 0. The summed E-state index contributed by atoms with van der Waals surface area (Å²) < 4.78 is 1.74. The van der Waals surface area contributed by atoms with E-state index >= 15 is 0 Å². The van der Waals surface area contributed by atoms with Gasteiger partial charge in [0.05, 0.1) is 6.04 Å². The number of nitrogen functional groups attached to an aromatic ring is 1. The van der Waals surface area contributed by atoms with Gasteiger partial charge in [-0.2, -0.15) is 10.4 Å². The number of nitrogens with zero attached hydrogens (tertiary/aromatic N) is 3. The molecular weight excluding hydrogens is 224 g/mol. The molecule has 1 atom stereocenters. The zero-order chi connectivity index (χ0) is 13.1. The van der Waals surface area contributed by atoms with Gasteiger partial charge in [-0.1, -0.05) is 37.3 Å². The lowest BCUT2D eigenvalue weighted by molar-refractivity contribution is 0.486. The molecule has 0 saturated carbocycles.